The number of aromatic nitrogens is 1. The molecule has 2 amide bonds. The molecular formula is C17H19N5O2S. The summed E-state index contributed by atoms with van der Waals surface area (Å²) in [6, 6.07) is 7.42. The molecule has 2 aliphatic rings. The molecule has 8 heteroatoms. The van der Waals surface area contributed by atoms with Crippen molar-refractivity contribution in [1.82, 2.24) is 9.88 Å². The van der Waals surface area contributed by atoms with Crippen molar-refractivity contribution in [2.24, 2.45) is 0 Å². The van der Waals surface area contributed by atoms with E-state index in [9.17, 15) is 9.59 Å². The zero-order valence-electron chi connectivity index (χ0n) is 13.7. The number of thiazole rings is 1. The zero-order valence-corrected chi connectivity index (χ0v) is 14.5. The molecule has 2 aliphatic heterocycles. The molecule has 0 bridgehead atoms. The Hall–Kier alpha value is -2.45. The number of fused-ring (bicyclic) bond motifs is 1. The summed E-state index contributed by atoms with van der Waals surface area (Å²) < 4.78 is 0. The lowest BCUT2D eigenvalue weighted by molar-refractivity contribution is -0.122. The smallest absolute Gasteiger partial charge is 0.244 e. The second-order valence-corrected chi connectivity index (χ2v) is 7.00. The number of para-hydroxylation sites is 2. The molecule has 0 radical (unpaired) electrons. The zero-order chi connectivity index (χ0) is 17.2. The number of piperazine rings is 1. The van der Waals surface area contributed by atoms with Crippen molar-refractivity contribution in [3.05, 3.63) is 35.8 Å². The number of anilines is 3. The van der Waals surface area contributed by atoms with Gasteiger partial charge in [-0.15, -0.1) is 11.3 Å². The van der Waals surface area contributed by atoms with Gasteiger partial charge in [-0.05, 0) is 12.1 Å². The maximum absolute atomic E-state index is 12.8. The van der Waals surface area contributed by atoms with E-state index in [1.165, 1.54) is 0 Å². The van der Waals surface area contributed by atoms with Crippen LogP contribution < -0.4 is 15.1 Å². The van der Waals surface area contributed by atoms with Gasteiger partial charge in [0.05, 0.1) is 17.9 Å². The fraction of sp³-hybridized carbons (Fsp3) is 0.353. The molecule has 0 unspecified atom stereocenters. The molecule has 1 saturated heterocycles. The molecule has 1 aromatic carbocycles. The molecule has 1 aromatic heterocycles. The lowest BCUT2D eigenvalue weighted by atomic mass is 10.2. The quantitative estimate of drug-likeness (QED) is 0.895. The molecule has 0 saturated carbocycles. The molecule has 130 valence electrons. The topological polar surface area (TPSA) is 68.8 Å². The van der Waals surface area contributed by atoms with Crippen LogP contribution in [-0.2, 0) is 9.59 Å². The van der Waals surface area contributed by atoms with E-state index in [4.69, 9.17) is 0 Å². The van der Waals surface area contributed by atoms with Crippen LogP contribution >= 0.6 is 11.3 Å². The van der Waals surface area contributed by atoms with Gasteiger partial charge in [-0.1, -0.05) is 12.1 Å². The lowest BCUT2D eigenvalue weighted by Gasteiger charge is -2.36. The third-order valence-electron chi connectivity index (χ3n) is 4.49. The first-order valence-corrected chi connectivity index (χ1v) is 9.15. The van der Waals surface area contributed by atoms with Crippen molar-refractivity contribution < 1.29 is 9.59 Å². The first-order chi connectivity index (χ1) is 12.2. The molecule has 3 heterocycles. The third kappa shape index (κ3) is 3.35. The Kier molecular flexibility index (Phi) is 4.37. The standard InChI is InChI=1S/C17H19N5O2S/c23-15-11-22(14-4-2-1-3-13(14)19-15)16(24)12-20-6-8-21(9-7-20)17-18-5-10-25-17/h1-5,10H,6-9,11-12H2,(H,19,23). The highest BCUT2D eigenvalue weighted by Gasteiger charge is 2.28. The minimum atomic E-state index is -0.152. The molecule has 2 aromatic rings. The van der Waals surface area contributed by atoms with Crippen LogP contribution in [0.2, 0.25) is 0 Å². The Morgan fingerprint density at radius 2 is 2.00 bits per heavy atom. The number of carbonyl (C=O) groups excluding carboxylic acids is 2. The van der Waals surface area contributed by atoms with Gasteiger partial charge in [0.25, 0.3) is 0 Å². The summed E-state index contributed by atoms with van der Waals surface area (Å²) >= 11 is 1.64. The third-order valence-corrected chi connectivity index (χ3v) is 5.32. The summed E-state index contributed by atoms with van der Waals surface area (Å²) in [5, 5.41) is 5.82. The fourth-order valence-electron chi connectivity index (χ4n) is 3.20. The summed E-state index contributed by atoms with van der Waals surface area (Å²) in [5.41, 5.74) is 1.47. The van der Waals surface area contributed by atoms with Crippen molar-refractivity contribution in [3.8, 4) is 0 Å². The van der Waals surface area contributed by atoms with E-state index in [-0.39, 0.29) is 18.4 Å². The normalized spacial score (nSPS) is 18.0. The van der Waals surface area contributed by atoms with Gasteiger partial charge in [-0.2, -0.15) is 0 Å². The van der Waals surface area contributed by atoms with E-state index < -0.39 is 0 Å². The summed E-state index contributed by atoms with van der Waals surface area (Å²) in [7, 11) is 0. The van der Waals surface area contributed by atoms with Crippen LogP contribution in [0.3, 0.4) is 0 Å². The molecule has 0 aliphatic carbocycles. The second-order valence-electron chi connectivity index (χ2n) is 6.12. The van der Waals surface area contributed by atoms with E-state index in [1.54, 1.807) is 16.2 Å². The number of amides is 2. The Balaban J connectivity index is 1.39. The average molecular weight is 357 g/mol. The van der Waals surface area contributed by atoms with Crippen molar-refractivity contribution >= 4 is 39.7 Å². The van der Waals surface area contributed by atoms with Crippen molar-refractivity contribution in [3.63, 3.8) is 0 Å². The van der Waals surface area contributed by atoms with Crippen molar-refractivity contribution in [1.29, 1.82) is 0 Å². The Bertz CT molecular complexity index is 771. The van der Waals surface area contributed by atoms with Crippen LogP contribution in [0.15, 0.2) is 35.8 Å². The largest absolute Gasteiger partial charge is 0.346 e. The summed E-state index contributed by atoms with van der Waals surface area (Å²) in [5.74, 6) is -0.189. The van der Waals surface area contributed by atoms with E-state index >= 15 is 0 Å². The fourth-order valence-corrected chi connectivity index (χ4v) is 3.90. The second kappa shape index (κ2) is 6.81. The highest BCUT2D eigenvalue weighted by atomic mass is 32.1. The van der Waals surface area contributed by atoms with Gasteiger partial charge in [0, 0.05) is 37.8 Å². The number of benzene rings is 1. The number of carbonyl (C=O) groups is 2. The van der Waals surface area contributed by atoms with E-state index in [0.717, 1.165) is 37.0 Å². The molecule has 25 heavy (non-hydrogen) atoms. The summed E-state index contributed by atoms with van der Waals surface area (Å²) in [4.78, 5) is 35.0. The SMILES string of the molecule is O=C1CN(C(=O)CN2CCN(c3nccs3)CC2)c2ccccc2N1. The highest BCUT2D eigenvalue weighted by molar-refractivity contribution is 7.13. The summed E-state index contributed by atoms with van der Waals surface area (Å²) in [6.45, 7) is 3.75. The maximum atomic E-state index is 12.8. The Morgan fingerprint density at radius 3 is 2.76 bits per heavy atom. The lowest BCUT2D eigenvalue weighted by Crippen LogP contribution is -2.52. The van der Waals surface area contributed by atoms with Gasteiger partial charge < -0.3 is 10.2 Å². The number of nitrogens with one attached hydrogen (secondary N) is 1. The predicted octanol–water partition coefficient (Wildman–Crippen LogP) is 1.25. The first kappa shape index (κ1) is 16.0. The molecule has 0 spiro atoms. The molecular weight excluding hydrogens is 338 g/mol. The monoisotopic (exact) mass is 357 g/mol. The number of hydrogen-bond donors (Lipinski definition) is 1. The maximum Gasteiger partial charge on any atom is 0.244 e. The molecule has 4 rings (SSSR count). The Morgan fingerprint density at radius 1 is 1.20 bits per heavy atom. The highest BCUT2D eigenvalue weighted by Crippen LogP contribution is 2.29. The number of hydrogen-bond acceptors (Lipinski definition) is 6. The van der Waals surface area contributed by atoms with Crippen LogP contribution in [0.25, 0.3) is 0 Å². The summed E-state index contributed by atoms with van der Waals surface area (Å²) in [6.07, 6.45) is 1.81. The predicted molar refractivity (Wildman–Crippen MR) is 98.2 cm³/mol. The van der Waals surface area contributed by atoms with Crippen LogP contribution in [0, 0.1) is 0 Å². The minimum absolute atomic E-state index is 0.0370. The van der Waals surface area contributed by atoms with Crippen LogP contribution in [0.5, 0.6) is 0 Å². The van der Waals surface area contributed by atoms with E-state index in [2.05, 4.69) is 20.1 Å². The number of rotatable bonds is 3. The van der Waals surface area contributed by atoms with Gasteiger partial charge in [-0.3, -0.25) is 19.4 Å². The van der Waals surface area contributed by atoms with Crippen LogP contribution in [0.4, 0.5) is 16.5 Å². The van der Waals surface area contributed by atoms with E-state index in [1.807, 2.05) is 35.8 Å². The minimum Gasteiger partial charge on any atom is -0.346 e. The molecule has 0 atom stereocenters. The average Bonchev–Trinajstić information content (AvgIpc) is 3.16. The van der Waals surface area contributed by atoms with Gasteiger partial charge >= 0.3 is 0 Å². The molecule has 1 N–H and O–H groups in total. The van der Waals surface area contributed by atoms with Crippen LogP contribution in [0.1, 0.15) is 0 Å². The molecule has 7 nitrogen and oxygen atoms in total. The van der Waals surface area contributed by atoms with Gasteiger partial charge in [0.1, 0.15) is 6.54 Å². The van der Waals surface area contributed by atoms with Gasteiger partial charge in [0.2, 0.25) is 11.8 Å². The van der Waals surface area contributed by atoms with Crippen molar-refractivity contribution in [2.75, 3.05) is 54.4 Å². The van der Waals surface area contributed by atoms with Gasteiger partial charge in [-0.25, -0.2) is 4.98 Å². The van der Waals surface area contributed by atoms with Crippen molar-refractivity contribution in [2.45, 2.75) is 0 Å². The molecule has 1 fully saturated rings. The number of nitrogens with zero attached hydrogens (tertiary/aromatic N) is 4. The van der Waals surface area contributed by atoms with Gasteiger partial charge in [0.15, 0.2) is 5.13 Å². The van der Waals surface area contributed by atoms with E-state index in [0.29, 0.717) is 12.2 Å². The van der Waals surface area contributed by atoms with Crippen LogP contribution in [-0.4, -0.2) is 61.0 Å². The Labute approximate surface area is 149 Å². The first-order valence-electron chi connectivity index (χ1n) is 8.27.